The summed E-state index contributed by atoms with van der Waals surface area (Å²) in [5.41, 5.74) is 5.20. The molecule has 6 heteroatoms. The van der Waals surface area contributed by atoms with Crippen LogP contribution in [0.3, 0.4) is 0 Å². The van der Waals surface area contributed by atoms with Crippen LogP contribution in [0, 0.1) is 13.8 Å². The monoisotopic (exact) mass is 425 g/mol. The van der Waals surface area contributed by atoms with Crippen LogP contribution in [-0.4, -0.2) is 21.8 Å². The predicted molar refractivity (Wildman–Crippen MR) is 126 cm³/mol. The van der Waals surface area contributed by atoms with Crippen molar-refractivity contribution in [2.45, 2.75) is 13.8 Å². The number of aromatic hydroxyl groups is 1. The maximum absolute atomic E-state index is 13.4. The molecule has 0 saturated heterocycles. The number of fused-ring (bicyclic) bond motifs is 1. The number of aryl methyl sites for hydroxylation is 2. The maximum Gasteiger partial charge on any atom is 0.284 e. The van der Waals surface area contributed by atoms with Crippen molar-refractivity contribution in [3.8, 4) is 5.75 Å². The largest absolute Gasteiger partial charge is 0.508 e. The fourth-order valence-electron chi connectivity index (χ4n) is 3.47. The highest BCUT2D eigenvalue weighted by Crippen LogP contribution is 2.35. The Kier molecular flexibility index (Phi) is 4.64. The van der Waals surface area contributed by atoms with Crippen molar-refractivity contribution in [2.24, 2.45) is 4.99 Å². The van der Waals surface area contributed by atoms with Gasteiger partial charge in [0.15, 0.2) is 5.13 Å². The predicted octanol–water partition coefficient (Wildman–Crippen LogP) is 5.45. The number of nitrogens with zero attached hydrogens (tertiary/aromatic N) is 3. The van der Waals surface area contributed by atoms with E-state index in [0.717, 1.165) is 21.3 Å². The Morgan fingerprint density at radius 3 is 2.42 bits per heavy atom. The molecule has 2 heterocycles. The quantitative estimate of drug-likeness (QED) is 0.444. The molecule has 3 aromatic carbocycles. The lowest BCUT2D eigenvalue weighted by molar-refractivity contribution is -0.113. The molecular weight excluding hydrogens is 406 g/mol. The lowest BCUT2D eigenvalue weighted by Gasteiger charge is -2.14. The van der Waals surface area contributed by atoms with Gasteiger partial charge >= 0.3 is 0 Å². The molecule has 0 radical (unpaired) electrons. The van der Waals surface area contributed by atoms with Crippen molar-refractivity contribution in [1.82, 2.24) is 4.98 Å². The topological polar surface area (TPSA) is 65.8 Å². The van der Waals surface area contributed by atoms with Crippen LogP contribution in [0.25, 0.3) is 16.3 Å². The first-order valence-corrected chi connectivity index (χ1v) is 10.7. The highest BCUT2D eigenvalue weighted by atomic mass is 32.1. The molecule has 152 valence electrons. The number of anilines is 1. The van der Waals surface area contributed by atoms with Gasteiger partial charge in [-0.05, 0) is 60.9 Å². The summed E-state index contributed by atoms with van der Waals surface area (Å²) in [5.74, 6) is 0.512. The number of hydrogen-bond donors (Lipinski definition) is 1. The Hall–Kier alpha value is -3.77. The molecule has 0 fully saturated rings. The minimum absolute atomic E-state index is 0.176. The van der Waals surface area contributed by atoms with Crippen LogP contribution in [0.4, 0.5) is 5.13 Å². The number of aliphatic imine (C=N–C) groups is 1. The van der Waals surface area contributed by atoms with E-state index in [9.17, 15) is 9.90 Å². The lowest BCUT2D eigenvalue weighted by atomic mass is 10.1. The van der Waals surface area contributed by atoms with Gasteiger partial charge in [0.05, 0.1) is 10.2 Å². The van der Waals surface area contributed by atoms with E-state index in [2.05, 4.69) is 31.0 Å². The fourth-order valence-corrected chi connectivity index (χ4v) is 4.51. The molecule has 0 atom stereocenters. The third-order valence-corrected chi connectivity index (χ3v) is 6.28. The van der Waals surface area contributed by atoms with Crippen LogP contribution in [0.5, 0.6) is 5.75 Å². The molecule has 0 bridgehead atoms. The second-order valence-electron chi connectivity index (χ2n) is 7.46. The number of amides is 1. The van der Waals surface area contributed by atoms with Gasteiger partial charge in [-0.1, -0.05) is 53.8 Å². The van der Waals surface area contributed by atoms with E-state index < -0.39 is 0 Å². The van der Waals surface area contributed by atoms with Gasteiger partial charge in [0, 0.05) is 5.56 Å². The van der Waals surface area contributed by atoms with Gasteiger partial charge in [0.25, 0.3) is 5.91 Å². The van der Waals surface area contributed by atoms with E-state index in [-0.39, 0.29) is 11.7 Å². The summed E-state index contributed by atoms with van der Waals surface area (Å²) >= 11 is 1.48. The molecule has 31 heavy (non-hydrogen) atoms. The number of carbonyl (C=O) groups is 1. The van der Waals surface area contributed by atoms with Crippen molar-refractivity contribution in [2.75, 3.05) is 4.90 Å². The second kappa shape index (κ2) is 7.49. The zero-order chi connectivity index (χ0) is 21.5. The molecule has 5 nitrogen and oxygen atoms in total. The molecule has 5 rings (SSSR count). The van der Waals surface area contributed by atoms with Crippen LogP contribution in [0.2, 0.25) is 0 Å². The van der Waals surface area contributed by atoms with E-state index in [1.807, 2.05) is 30.3 Å². The number of thiazole rings is 1. The molecule has 0 spiro atoms. The smallest absolute Gasteiger partial charge is 0.284 e. The Morgan fingerprint density at radius 2 is 1.68 bits per heavy atom. The van der Waals surface area contributed by atoms with Crippen LogP contribution in [-0.2, 0) is 4.79 Å². The van der Waals surface area contributed by atoms with Gasteiger partial charge < -0.3 is 5.11 Å². The first-order chi connectivity index (χ1) is 15.0. The Labute approximate surface area is 183 Å². The van der Waals surface area contributed by atoms with Gasteiger partial charge in [0.1, 0.15) is 17.3 Å². The van der Waals surface area contributed by atoms with Crippen molar-refractivity contribution < 1.29 is 9.90 Å². The van der Waals surface area contributed by atoms with E-state index in [4.69, 9.17) is 4.98 Å². The summed E-state index contributed by atoms with van der Waals surface area (Å²) in [6, 6.07) is 20.5. The number of amidine groups is 1. The number of phenolic OH excluding ortho intramolecular Hbond substituents is 1. The second-order valence-corrected chi connectivity index (χ2v) is 8.47. The highest BCUT2D eigenvalue weighted by molar-refractivity contribution is 7.22. The lowest BCUT2D eigenvalue weighted by Crippen LogP contribution is -2.32. The zero-order valence-electron chi connectivity index (χ0n) is 17.0. The summed E-state index contributed by atoms with van der Waals surface area (Å²) in [4.78, 5) is 24.5. The van der Waals surface area contributed by atoms with Gasteiger partial charge in [-0.2, -0.15) is 0 Å². The van der Waals surface area contributed by atoms with Gasteiger partial charge in [0.2, 0.25) is 0 Å². The van der Waals surface area contributed by atoms with Crippen LogP contribution in [0.15, 0.2) is 77.4 Å². The van der Waals surface area contributed by atoms with E-state index in [1.54, 1.807) is 35.2 Å². The number of hydrogen-bond acceptors (Lipinski definition) is 5. The molecule has 0 aliphatic carbocycles. The number of phenols is 1. The van der Waals surface area contributed by atoms with Crippen molar-refractivity contribution in [3.63, 3.8) is 0 Å². The first kappa shape index (κ1) is 19.2. The number of benzene rings is 3. The van der Waals surface area contributed by atoms with E-state index >= 15 is 0 Å². The minimum Gasteiger partial charge on any atom is -0.508 e. The van der Waals surface area contributed by atoms with E-state index in [0.29, 0.717) is 16.7 Å². The third kappa shape index (κ3) is 3.51. The maximum atomic E-state index is 13.4. The third-order valence-electron chi connectivity index (χ3n) is 5.27. The average Bonchev–Trinajstić information content (AvgIpc) is 3.31. The first-order valence-electron chi connectivity index (χ1n) is 9.87. The van der Waals surface area contributed by atoms with E-state index in [1.165, 1.54) is 22.5 Å². The highest BCUT2D eigenvalue weighted by Gasteiger charge is 2.34. The zero-order valence-corrected chi connectivity index (χ0v) is 17.9. The number of carbonyl (C=O) groups excluding carboxylic acids is 1. The van der Waals surface area contributed by atoms with Crippen molar-refractivity contribution in [3.05, 3.63) is 94.7 Å². The summed E-state index contributed by atoms with van der Waals surface area (Å²) in [6.07, 6.45) is 1.73. The normalized spacial score (nSPS) is 15.2. The molecule has 1 aromatic heterocycles. The van der Waals surface area contributed by atoms with Crippen LogP contribution in [0.1, 0.15) is 22.3 Å². The molecule has 4 aromatic rings. The molecule has 0 saturated carbocycles. The van der Waals surface area contributed by atoms with Crippen LogP contribution < -0.4 is 4.90 Å². The molecule has 1 aliphatic heterocycles. The Balaban J connectivity index is 1.64. The standard InChI is InChI=1S/C25H19N3O2S/c1-15-12-20-22(13-16(15)2)31-25(27-20)28-23(18-6-4-3-5-7-18)26-21(24(28)30)14-17-8-10-19(29)11-9-17/h3-14,29H,1-2H3. The molecular formula is C25H19N3O2S. The minimum atomic E-state index is -0.223. The SMILES string of the molecule is Cc1cc2nc(N3C(=O)C(=Cc4ccc(O)cc4)N=C3c3ccccc3)sc2cc1C. The van der Waals surface area contributed by atoms with Gasteiger partial charge in [-0.25, -0.2) is 14.9 Å². The van der Waals surface area contributed by atoms with Crippen LogP contribution >= 0.6 is 11.3 Å². The van der Waals surface area contributed by atoms with Crippen molar-refractivity contribution in [1.29, 1.82) is 0 Å². The molecule has 1 N–H and O–H groups in total. The summed E-state index contributed by atoms with van der Waals surface area (Å²) in [6.45, 7) is 4.13. The Bertz CT molecular complexity index is 1330. The summed E-state index contributed by atoms with van der Waals surface area (Å²) < 4.78 is 1.04. The van der Waals surface area contributed by atoms with Gasteiger partial charge in [-0.15, -0.1) is 0 Å². The van der Waals surface area contributed by atoms with Crippen molar-refractivity contribution >= 4 is 44.5 Å². The summed E-state index contributed by atoms with van der Waals surface area (Å²) in [7, 11) is 0. The number of aromatic nitrogens is 1. The summed E-state index contributed by atoms with van der Waals surface area (Å²) in [5, 5.41) is 10.1. The van der Waals surface area contributed by atoms with Gasteiger partial charge in [-0.3, -0.25) is 4.79 Å². The molecule has 1 aliphatic rings. The Morgan fingerprint density at radius 1 is 0.968 bits per heavy atom. The molecule has 0 unspecified atom stereocenters. The number of rotatable bonds is 3. The molecule has 1 amide bonds. The average molecular weight is 426 g/mol. The fraction of sp³-hybridized carbons (Fsp3) is 0.0800.